The van der Waals surface area contributed by atoms with Gasteiger partial charge >= 0.3 is 5.97 Å². The molecule has 3 fully saturated rings. The highest BCUT2D eigenvalue weighted by molar-refractivity contribution is 5.74. The third-order valence-corrected chi connectivity index (χ3v) is 5.15. The number of esters is 1. The number of carbonyl (C=O) groups is 1. The maximum Gasteiger partial charge on any atom is 0.310 e. The Labute approximate surface area is 120 Å². The minimum absolute atomic E-state index is 0.0705. The van der Waals surface area contributed by atoms with Crippen molar-refractivity contribution in [3.8, 4) is 0 Å². The summed E-state index contributed by atoms with van der Waals surface area (Å²) in [5.74, 6) is -0.226. The highest BCUT2D eigenvalue weighted by atomic mass is 16.7. The van der Waals surface area contributed by atoms with Gasteiger partial charge in [-0.1, -0.05) is 13.8 Å². The number of fused-ring (bicyclic) bond motifs is 1. The fraction of sp³-hybridized carbons (Fsp3) is 0.933. The van der Waals surface area contributed by atoms with Crippen molar-refractivity contribution in [1.29, 1.82) is 0 Å². The lowest BCUT2D eigenvalue weighted by atomic mass is 9.90. The van der Waals surface area contributed by atoms with Crippen molar-refractivity contribution in [2.24, 2.45) is 28.9 Å². The van der Waals surface area contributed by atoms with Gasteiger partial charge in [-0.15, -0.1) is 0 Å². The topological polar surface area (TPSA) is 70.8 Å². The summed E-state index contributed by atoms with van der Waals surface area (Å²) in [7, 11) is 1.43. The molecule has 2 aliphatic carbocycles. The van der Waals surface area contributed by atoms with E-state index in [0.717, 1.165) is 19.3 Å². The van der Waals surface area contributed by atoms with Crippen LogP contribution < -0.4 is 5.73 Å². The molecule has 114 valence electrons. The number of carbonyl (C=O) groups excluding carboxylic acids is 1. The van der Waals surface area contributed by atoms with Crippen LogP contribution in [0.25, 0.3) is 0 Å². The van der Waals surface area contributed by atoms with Crippen LogP contribution in [-0.4, -0.2) is 38.1 Å². The van der Waals surface area contributed by atoms with Gasteiger partial charge in [0.15, 0.2) is 5.79 Å². The van der Waals surface area contributed by atoms with Crippen molar-refractivity contribution in [2.45, 2.75) is 44.9 Å². The van der Waals surface area contributed by atoms with E-state index in [9.17, 15) is 4.79 Å². The molecule has 2 N–H and O–H groups in total. The first-order chi connectivity index (χ1) is 9.36. The van der Waals surface area contributed by atoms with E-state index in [2.05, 4.69) is 13.8 Å². The Hall–Kier alpha value is -0.650. The molecule has 5 nitrogen and oxygen atoms in total. The summed E-state index contributed by atoms with van der Waals surface area (Å²) < 4.78 is 17.0. The predicted octanol–water partition coefficient (Wildman–Crippen LogP) is 1.30. The zero-order valence-corrected chi connectivity index (χ0v) is 12.6. The molecule has 0 aromatic rings. The SMILES string of the molecule is COC(=O)[C@H]1[C@@H]2CC3(C[C@@H]2C[C@H]1N)OCC(C)(C)CO3. The summed E-state index contributed by atoms with van der Waals surface area (Å²) in [5, 5.41) is 0. The van der Waals surface area contributed by atoms with Crippen molar-refractivity contribution in [2.75, 3.05) is 20.3 Å². The highest BCUT2D eigenvalue weighted by Gasteiger charge is 2.58. The number of rotatable bonds is 1. The molecule has 0 bridgehead atoms. The number of ether oxygens (including phenoxy) is 3. The summed E-state index contributed by atoms with van der Waals surface area (Å²) >= 11 is 0. The molecule has 3 rings (SSSR count). The largest absolute Gasteiger partial charge is 0.469 e. The van der Waals surface area contributed by atoms with Crippen LogP contribution >= 0.6 is 0 Å². The van der Waals surface area contributed by atoms with Crippen molar-refractivity contribution in [3.05, 3.63) is 0 Å². The third kappa shape index (κ3) is 2.26. The van der Waals surface area contributed by atoms with E-state index in [1.54, 1.807) is 0 Å². The molecule has 1 saturated heterocycles. The first-order valence-electron chi connectivity index (χ1n) is 7.47. The van der Waals surface area contributed by atoms with Gasteiger partial charge in [0, 0.05) is 24.3 Å². The fourth-order valence-electron chi connectivity index (χ4n) is 4.11. The minimum Gasteiger partial charge on any atom is -0.469 e. The number of nitrogens with two attached hydrogens (primary N) is 1. The molecule has 0 amide bonds. The molecule has 5 heteroatoms. The Kier molecular flexibility index (Phi) is 3.35. The maximum absolute atomic E-state index is 12.0. The molecule has 1 heterocycles. The molecule has 0 radical (unpaired) electrons. The van der Waals surface area contributed by atoms with Gasteiger partial charge in [0.05, 0.1) is 26.2 Å². The third-order valence-electron chi connectivity index (χ3n) is 5.15. The van der Waals surface area contributed by atoms with Crippen LogP contribution in [0, 0.1) is 23.2 Å². The lowest BCUT2D eigenvalue weighted by molar-refractivity contribution is -0.298. The van der Waals surface area contributed by atoms with E-state index < -0.39 is 5.79 Å². The number of methoxy groups -OCH3 is 1. The summed E-state index contributed by atoms with van der Waals surface area (Å²) in [4.78, 5) is 12.0. The molecule has 0 unspecified atom stereocenters. The van der Waals surface area contributed by atoms with Crippen LogP contribution in [0.2, 0.25) is 0 Å². The van der Waals surface area contributed by atoms with E-state index in [1.165, 1.54) is 7.11 Å². The molecule has 2 saturated carbocycles. The van der Waals surface area contributed by atoms with Crippen LogP contribution in [0.1, 0.15) is 33.1 Å². The van der Waals surface area contributed by atoms with Gasteiger partial charge in [-0.05, 0) is 18.3 Å². The van der Waals surface area contributed by atoms with Gasteiger partial charge in [-0.25, -0.2) is 0 Å². The van der Waals surface area contributed by atoms with Gasteiger partial charge in [-0.3, -0.25) is 4.79 Å². The van der Waals surface area contributed by atoms with Gasteiger partial charge in [0.25, 0.3) is 0 Å². The molecule has 3 aliphatic rings. The molecule has 1 spiro atoms. The van der Waals surface area contributed by atoms with E-state index >= 15 is 0 Å². The van der Waals surface area contributed by atoms with Gasteiger partial charge < -0.3 is 19.9 Å². The van der Waals surface area contributed by atoms with Gasteiger partial charge in [0.1, 0.15) is 0 Å². The smallest absolute Gasteiger partial charge is 0.310 e. The first-order valence-corrected chi connectivity index (χ1v) is 7.47. The average molecular weight is 283 g/mol. The van der Waals surface area contributed by atoms with Crippen molar-refractivity contribution in [1.82, 2.24) is 0 Å². The Morgan fingerprint density at radius 1 is 1.25 bits per heavy atom. The lowest BCUT2D eigenvalue weighted by Gasteiger charge is -2.42. The normalized spacial score (nSPS) is 41.6. The Morgan fingerprint density at radius 3 is 2.50 bits per heavy atom. The second kappa shape index (κ2) is 4.68. The van der Waals surface area contributed by atoms with Crippen LogP contribution in [0.3, 0.4) is 0 Å². The van der Waals surface area contributed by atoms with Crippen molar-refractivity contribution >= 4 is 5.97 Å². The quantitative estimate of drug-likeness (QED) is 0.735. The number of hydrogen-bond donors (Lipinski definition) is 1. The molecule has 4 atom stereocenters. The summed E-state index contributed by atoms with van der Waals surface area (Å²) in [6.07, 6.45) is 2.48. The van der Waals surface area contributed by atoms with Crippen molar-refractivity contribution in [3.63, 3.8) is 0 Å². The summed E-state index contributed by atoms with van der Waals surface area (Å²) in [6.45, 7) is 5.70. The maximum atomic E-state index is 12.0. The summed E-state index contributed by atoms with van der Waals surface area (Å²) in [5.41, 5.74) is 6.19. The minimum atomic E-state index is -0.489. The van der Waals surface area contributed by atoms with E-state index in [0.29, 0.717) is 19.1 Å². The van der Waals surface area contributed by atoms with E-state index in [-0.39, 0.29) is 29.3 Å². The van der Waals surface area contributed by atoms with Crippen molar-refractivity contribution < 1.29 is 19.0 Å². The first kappa shape index (κ1) is 14.3. The number of hydrogen-bond acceptors (Lipinski definition) is 5. The highest BCUT2D eigenvalue weighted by Crippen LogP contribution is 2.54. The van der Waals surface area contributed by atoms with Crippen LogP contribution in [0.15, 0.2) is 0 Å². The van der Waals surface area contributed by atoms with Crippen LogP contribution in [0.4, 0.5) is 0 Å². The van der Waals surface area contributed by atoms with Crippen LogP contribution in [-0.2, 0) is 19.0 Å². The molecule has 1 aliphatic heterocycles. The molecular weight excluding hydrogens is 258 g/mol. The standard InChI is InChI=1S/C15H25NO4/c1-14(2)7-19-15(20-8-14)5-9-4-11(16)12(10(9)6-15)13(17)18-3/h9-12H,4-8,16H2,1-3H3/t9-,10+,11+,12-/m0/s1. The molecular formula is C15H25NO4. The van der Waals surface area contributed by atoms with E-state index in [1.807, 2.05) is 0 Å². The van der Waals surface area contributed by atoms with Crippen LogP contribution in [0.5, 0.6) is 0 Å². The second-order valence-electron chi connectivity index (χ2n) is 7.43. The summed E-state index contributed by atoms with van der Waals surface area (Å²) in [6, 6.07) is -0.0881. The molecule has 20 heavy (non-hydrogen) atoms. The van der Waals surface area contributed by atoms with E-state index in [4.69, 9.17) is 19.9 Å². The predicted molar refractivity (Wildman–Crippen MR) is 72.7 cm³/mol. The van der Waals surface area contributed by atoms with Gasteiger partial charge in [0.2, 0.25) is 0 Å². The average Bonchev–Trinajstić information content (AvgIpc) is 2.86. The fourth-order valence-corrected chi connectivity index (χ4v) is 4.11. The van der Waals surface area contributed by atoms with Gasteiger partial charge in [-0.2, -0.15) is 0 Å². The Balaban J connectivity index is 1.73. The molecule has 0 aromatic carbocycles. The Bertz CT molecular complexity index is 399. The zero-order valence-electron chi connectivity index (χ0n) is 12.6. The zero-order chi connectivity index (χ0) is 14.5. The molecule has 0 aromatic heterocycles. The second-order valence-corrected chi connectivity index (χ2v) is 7.43. The Morgan fingerprint density at radius 2 is 1.90 bits per heavy atom. The lowest BCUT2D eigenvalue weighted by Crippen LogP contribution is -2.47. The monoisotopic (exact) mass is 283 g/mol.